The summed E-state index contributed by atoms with van der Waals surface area (Å²) in [5.41, 5.74) is 0.251. The summed E-state index contributed by atoms with van der Waals surface area (Å²) in [5.74, 6) is 0.150. The molecule has 0 aliphatic heterocycles. The molecule has 0 saturated heterocycles. The number of anilines is 1. The molecule has 5 heteroatoms. The molecule has 14 heavy (non-hydrogen) atoms. The highest BCUT2D eigenvalue weighted by molar-refractivity contribution is 5.68. The van der Waals surface area contributed by atoms with Crippen LogP contribution in [-0.2, 0) is 0 Å². The molecule has 0 fully saturated rings. The van der Waals surface area contributed by atoms with Crippen molar-refractivity contribution < 1.29 is 9.90 Å². The van der Waals surface area contributed by atoms with E-state index in [1.807, 2.05) is 13.8 Å². The number of aromatic nitrogens is 2. The lowest BCUT2D eigenvalue weighted by Gasteiger charge is -2.24. The Kier molecular flexibility index (Phi) is 3.14. The van der Waals surface area contributed by atoms with Gasteiger partial charge in [-0.15, -0.1) is 0 Å². The van der Waals surface area contributed by atoms with Gasteiger partial charge in [0.1, 0.15) is 0 Å². The van der Waals surface area contributed by atoms with E-state index in [2.05, 4.69) is 15.3 Å². The predicted octanol–water partition coefficient (Wildman–Crippen LogP) is 0.472. The Morgan fingerprint density at radius 1 is 1.50 bits per heavy atom. The van der Waals surface area contributed by atoms with Crippen LogP contribution in [0.2, 0.25) is 0 Å². The van der Waals surface area contributed by atoms with Crippen LogP contribution in [0.4, 0.5) is 5.69 Å². The number of carbonyl (C=O) groups is 1. The third-order valence-electron chi connectivity index (χ3n) is 1.66. The maximum Gasteiger partial charge on any atom is 0.192 e. The molecule has 1 aromatic rings. The minimum absolute atomic E-state index is 0.00241. The summed E-state index contributed by atoms with van der Waals surface area (Å²) in [7, 11) is 0. The molecule has 0 amide bonds. The first-order chi connectivity index (χ1) is 6.57. The van der Waals surface area contributed by atoms with Crippen LogP contribution < -0.4 is 5.32 Å². The van der Waals surface area contributed by atoms with Crippen molar-refractivity contribution in [2.24, 2.45) is 0 Å². The van der Waals surface area contributed by atoms with Gasteiger partial charge in [0.15, 0.2) is 12.1 Å². The Labute approximate surface area is 82.2 Å². The van der Waals surface area contributed by atoms with Gasteiger partial charge in [0.25, 0.3) is 0 Å². The molecule has 0 aliphatic rings. The molecule has 1 aromatic heterocycles. The van der Waals surface area contributed by atoms with Gasteiger partial charge in [0.05, 0.1) is 30.2 Å². The molecule has 0 aliphatic carbocycles. The van der Waals surface area contributed by atoms with Crippen LogP contribution in [0.25, 0.3) is 0 Å². The Morgan fingerprint density at radius 3 is 2.50 bits per heavy atom. The minimum Gasteiger partial charge on any atom is -0.394 e. The first kappa shape index (κ1) is 10.6. The average molecular weight is 195 g/mol. The Bertz CT molecular complexity index is 308. The van der Waals surface area contributed by atoms with Gasteiger partial charge in [-0.2, -0.15) is 0 Å². The molecule has 0 spiro atoms. The van der Waals surface area contributed by atoms with E-state index in [1.165, 1.54) is 12.4 Å². The summed E-state index contributed by atoms with van der Waals surface area (Å²) in [6.07, 6.45) is 3.60. The number of hydrogen-bond donors (Lipinski definition) is 2. The van der Waals surface area contributed by atoms with Crippen molar-refractivity contribution in [2.75, 3.05) is 11.9 Å². The Balaban J connectivity index is 2.73. The number of nitrogens with zero attached hydrogens (tertiary/aromatic N) is 2. The van der Waals surface area contributed by atoms with E-state index in [0.29, 0.717) is 12.0 Å². The van der Waals surface area contributed by atoms with Crippen LogP contribution in [0, 0.1) is 0 Å². The first-order valence-electron chi connectivity index (χ1n) is 4.24. The topological polar surface area (TPSA) is 75.1 Å². The molecule has 0 saturated carbocycles. The van der Waals surface area contributed by atoms with Crippen molar-refractivity contribution in [1.82, 2.24) is 9.97 Å². The lowest BCUT2D eigenvalue weighted by atomic mass is 10.1. The summed E-state index contributed by atoms with van der Waals surface area (Å²) in [6.45, 7) is 3.70. The van der Waals surface area contributed by atoms with Gasteiger partial charge in [-0.1, -0.05) is 0 Å². The van der Waals surface area contributed by atoms with E-state index in [0.717, 1.165) is 0 Å². The van der Waals surface area contributed by atoms with Crippen LogP contribution in [-0.4, -0.2) is 33.5 Å². The van der Waals surface area contributed by atoms with Gasteiger partial charge in [-0.05, 0) is 13.8 Å². The molecule has 0 aromatic carbocycles. The zero-order chi connectivity index (χ0) is 10.6. The number of aldehydes is 1. The molecule has 0 unspecified atom stereocenters. The van der Waals surface area contributed by atoms with E-state index in [4.69, 9.17) is 5.11 Å². The Morgan fingerprint density at radius 2 is 2.07 bits per heavy atom. The van der Waals surface area contributed by atoms with Gasteiger partial charge in [0.2, 0.25) is 0 Å². The number of aliphatic hydroxyl groups excluding tert-OH is 1. The third-order valence-corrected chi connectivity index (χ3v) is 1.66. The van der Waals surface area contributed by atoms with Crippen molar-refractivity contribution in [3.63, 3.8) is 0 Å². The molecular formula is C9H13N3O2. The maximum atomic E-state index is 10.3. The highest BCUT2D eigenvalue weighted by Gasteiger charge is 2.15. The Hall–Kier alpha value is -1.49. The summed E-state index contributed by atoms with van der Waals surface area (Å²) < 4.78 is 0. The van der Waals surface area contributed by atoms with Gasteiger partial charge in [0, 0.05) is 0 Å². The molecule has 1 rings (SSSR count). The van der Waals surface area contributed by atoms with Crippen LogP contribution in [0.5, 0.6) is 0 Å². The van der Waals surface area contributed by atoms with E-state index >= 15 is 0 Å². The molecule has 2 N–H and O–H groups in total. The van der Waals surface area contributed by atoms with Crippen LogP contribution in [0.3, 0.4) is 0 Å². The van der Waals surface area contributed by atoms with E-state index in [9.17, 15) is 4.79 Å². The SMILES string of the molecule is CC(C)(CO)Nc1cnc(C=O)nc1. The standard InChI is InChI=1S/C9H13N3O2/c1-9(2,6-14)12-7-3-10-8(5-13)11-4-7/h3-5,12,14H,6H2,1-2H3. The second-order valence-corrected chi connectivity index (χ2v) is 3.61. The maximum absolute atomic E-state index is 10.3. The fourth-order valence-corrected chi connectivity index (χ4v) is 0.894. The van der Waals surface area contributed by atoms with E-state index < -0.39 is 5.54 Å². The number of carbonyl (C=O) groups excluding carboxylic acids is 1. The second kappa shape index (κ2) is 4.15. The normalized spacial score (nSPS) is 11.1. The summed E-state index contributed by atoms with van der Waals surface area (Å²) in [6, 6.07) is 0. The van der Waals surface area contributed by atoms with Crippen molar-refractivity contribution in [2.45, 2.75) is 19.4 Å². The monoisotopic (exact) mass is 195 g/mol. The number of nitrogens with one attached hydrogen (secondary N) is 1. The number of rotatable bonds is 4. The van der Waals surface area contributed by atoms with Gasteiger partial charge >= 0.3 is 0 Å². The van der Waals surface area contributed by atoms with E-state index in [1.54, 1.807) is 0 Å². The number of hydrogen-bond acceptors (Lipinski definition) is 5. The quantitative estimate of drug-likeness (QED) is 0.683. The highest BCUT2D eigenvalue weighted by Crippen LogP contribution is 2.11. The zero-order valence-electron chi connectivity index (χ0n) is 8.19. The first-order valence-corrected chi connectivity index (χ1v) is 4.24. The molecule has 5 nitrogen and oxygen atoms in total. The smallest absolute Gasteiger partial charge is 0.192 e. The van der Waals surface area contributed by atoms with Crippen molar-refractivity contribution in [1.29, 1.82) is 0 Å². The van der Waals surface area contributed by atoms with E-state index in [-0.39, 0.29) is 12.4 Å². The molecular weight excluding hydrogens is 182 g/mol. The second-order valence-electron chi connectivity index (χ2n) is 3.61. The molecule has 0 bridgehead atoms. The fourth-order valence-electron chi connectivity index (χ4n) is 0.894. The lowest BCUT2D eigenvalue weighted by molar-refractivity contribution is 0.111. The van der Waals surface area contributed by atoms with Crippen molar-refractivity contribution in [3.05, 3.63) is 18.2 Å². The fraction of sp³-hybridized carbons (Fsp3) is 0.444. The largest absolute Gasteiger partial charge is 0.394 e. The van der Waals surface area contributed by atoms with Crippen molar-refractivity contribution >= 4 is 12.0 Å². The molecule has 76 valence electrons. The van der Waals surface area contributed by atoms with Crippen LogP contribution >= 0.6 is 0 Å². The third kappa shape index (κ3) is 2.77. The molecule has 0 radical (unpaired) electrons. The van der Waals surface area contributed by atoms with Crippen LogP contribution in [0.1, 0.15) is 24.5 Å². The summed E-state index contributed by atoms with van der Waals surface area (Å²) in [5, 5.41) is 12.0. The summed E-state index contributed by atoms with van der Waals surface area (Å²) in [4.78, 5) is 17.9. The van der Waals surface area contributed by atoms with Gasteiger partial charge in [-0.25, -0.2) is 9.97 Å². The average Bonchev–Trinajstić information content (AvgIpc) is 2.19. The zero-order valence-corrected chi connectivity index (χ0v) is 8.19. The lowest BCUT2D eigenvalue weighted by Crippen LogP contribution is -2.35. The molecule has 1 heterocycles. The van der Waals surface area contributed by atoms with Gasteiger partial charge < -0.3 is 10.4 Å². The van der Waals surface area contributed by atoms with Gasteiger partial charge in [-0.3, -0.25) is 4.79 Å². The summed E-state index contributed by atoms with van der Waals surface area (Å²) >= 11 is 0. The minimum atomic E-state index is -0.425. The number of aliphatic hydroxyl groups is 1. The van der Waals surface area contributed by atoms with Crippen molar-refractivity contribution in [3.8, 4) is 0 Å². The molecule has 0 atom stereocenters. The highest BCUT2D eigenvalue weighted by atomic mass is 16.3. The van der Waals surface area contributed by atoms with Crippen LogP contribution in [0.15, 0.2) is 12.4 Å². The predicted molar refractivity (Wildman–Crippen MR) is 52.2 cm³/mol.